The van der Waals surface area contributed by atoms with Crippen LogP contribution in [0.15, 0.2) is 51.0 Å². The Morgan fingerprint density at radius 2 is 2.07 bits per heavy atom. The number of nitrogens with one attached hydrogen (secondary N) is 1. The molecule has 1 aliphatic heterocycles. The number of piperazine rings is 1. The number of thioether (sulfide) groups is 1. The van der Waals surface area contributed by atoms with Crippen molar-refractivity contribution in [2.75, 3.05) is 52.1 Å². The SMILES string of the molecule is CCNC(=NCC(C)CSc1ccccc1OC)N1CCN(Cc2ccon2)CC1. The molecule has 0 spiro atoms. The standard InChI is InChI=1S/C22H33N5O2S/c1-4-23-22(27-12-10-26(11-13-27)16-19-9-14-29-25-19)24-15-18(2)17-30-21-8-6-5-7-20(21)28-3/h5-9,14,18H,4,10-13,15-17H2,1-3H3,(H,23,24). The Bertz CT molecular complexity index is 776. The molecular weight excluding hydrogens is 398 g/mol. The van der Waals surface area contributed by atoms with Crippen LogP contribution < -0.4 is 10.1 Å². The molecule has 1 N–H and O–H groups in total. The van der Waals surface area contributed by atoms with Crippen LogP contribution in [0.3, 0.4) is 0 Å². The summed E-state index contributed by atoms with van der Waals surface area (Å²) in [4.78, 5) is 10.9. The Balaban J connectivity index is 1.47. The number of rotatable bonds is 9. The lowest BCUT2D eigenvalue weighted by molar-refractivity contribution is 0.169. The Labute approximate surface area is 183 Å². The number of nitrogens with zero attached hydrogens (tertiary/aromatic N) is 4. The number of hydrogen-bond acceptors (Lipinski definition) is 6. The maximum Gasteiger partial charge on any atom is 0.194 e. The van der Waals surface area contributed by atoms with Crippen molar-refractivity contribution < 1.29 is 9.26 Å². The molecule has 30 heavy (non-hydrogen) atoms. The maximum atomic E-state index is 5.45. The molecule has 1 fully saturated rings. The topological polar surface area (TPSA) is 66.1 Å². The summed E-state index contributed by atoms with van der Waals surface area (Å²) in [6, 6.07) is 10.1. The molecule has 2 aromatic rings. The predicted octanol–water partition coefficient (Wildman–Crippen LogP) is 3.19. The van der Waals surface area contributed by atoms with Gasteiger partial charge < -0.3 is 19.5 Å². The zero-order chi connectivity index (χ0) is 21.2. The van der Waals surface area contributed by atoms with Crippen LogP contribution in [0.4, 0.5) is 0 Å². The Morgan fingerprint density at radius 3 is 2.77 bits per heavy atom. The van der Waals surface area contributed by atoms with Crippen LogP contribution in [0.5, 0.6) is 5.75 Å². The highest BCUT2D eigenvalue weighted by molar-refractivity contribution is 7.99. The lowest BCUT2D eigenvalue weighted by Gasteiger charge is -2.36. The first-order valence-electron chi connectivity index (χ1n) is 10.6. The van der Waals surface area contributed by atoms with Gasteiger partial charge in [-0.2, -0.15) is 0 Å². The van der Waals surface area contributed by atoms with Crippen molar-refractivity contribution in [1.82, 2.24) is 20.3 Å². The van der Waals surface area contributed by atoms with Crippen LogP contribution in [0.25, 0.3) is 0 Å². The quantitative estimate of drug-likeness (QED) is 0.372. The summed E-state index contributed by atoms with van der Waals surface area (Å²) >= 11 is 1.83. The van der Waals surface area contributed by atoms with Gasteiger partial charge in [-0.15, -0.1) is 11.8 Å². The van der Waals surface area contributed by atoms with E-state index in [1.54, 1.807) is 13.4 Å². The molecule has 0 amide bonds. The molecule has 8 heteroatoms. The minimum atomic E-state index is 0.474. The molecule has 1 aromatic carbocycles. The highest BCUT2D eigenvalue weighted by Crippen LogP contribution is 2.30. The van der Waals surface area contributed by atoms with Gasteiger partial charge in [-0.3, -0.25) is 9.89 Å². The fourth-order valence-electron chi connectivity index (χ4n) is 3.36. The molecule has 2 heterocycles. The Kier molecular flexibility index (Phi) is 8.89. The molecule has 0 bridgehead atoms. The van der Waals surface area contributed by atoms with Gasteiger partial charge in [0.2, 0.25) is 0 Å². The highest BCUT2D eigenvalue weighted by atomic mass is 32.2. The van der Waals surface area contributed by atoms with E-state index >= 15 is 0 Å². The Morgan fingerprint density at radius 1 is 1.27 bits per heavy atom. The minimum Gasteiger partial charge on any atom is -0.496 e. The number of hydrogen-bond donors (Lipinski definition) is 1. The number of aliphatic imine (C=N–C) groups is 1. The molecule has 0 aliphatic carbocycles. The van der Waals surface area contributed by atoms with Crippen molar-refractivity contribution in [1.29, 1.82) is 0 Å². The second-order valence-electron chi connectivity index (χ2n) is 7.52. The maximum absolute atomic E-state index is 5.45. The summed E-state index contributed by atoms with van der Waals surface area (Å²) in [6.45, 7) is 10.8. The molecule has 164 valence electrons. The van der Waals surface area contributed by atoms with Crippen molar-refractivity contribution in [3.63, 3.8) is 0 Å². The Hall–Kier alpha value is -2.19. The molecule has 1 saturated heterocycles. The van der Waals surface area contributed by atoms with E-state index < -0.39 is 0 Å². The first kappa shape index (κ1) is 22.5. The van der Waals surface area contributed by atoms with Crippen LogP contribution in [0.2, 0.25) is 0 Å². The molecule has 1 unspecified atom stereocenters. The van der Waals surface area contributed by atoms with Crippen molar-refractivity contribution in [2.24, 2.45) is 10.9 Å². The lowest BCUT2D eigenvalue weighted by Crippen LogP contribution is -2.52. The van der Waals surface area contributed by atoms with E-state index in [-0.39, 0.29) is 0 Å². The van der Waals surface area contributed by atoms with Crippen LogP contribution in [-0.4, -0.2) is 73.0 Å². The van der Waals surface area contributed by atoms with Gasteiger partial charge in [0.1, 0.15) is 12.0 Å². The second-order valence-corrected chi connectivity index (χ2v) is 8.58. The number of benzene rings is 1. The fourth-order valence-corrected chi connectivity index (χ4v) is 4.39. The van der Waals surface area contributed by atoms with Crippen LogP contribution in [-0.2, 0) is 6.54 Å². The molecule has 0 radical (unpaired) electrons. The van der Waals surface area contributed by atoms with Crippen molar-refractivity contribution in [3.05, 3.63) is 42.3 Å². The summed E-state index contributed by atoms with van der Waals surface area (Å²) in [5, 5.41) is 7.48. The molecule has 0 saturated carbocycles. The van der Waals surface area contributed by atoms with Crippen molar-refractivity contribution in [3.8, 4) is 5.75 Å². The molecule has 7 nitrogen and oxygen atoms in total. The number of para-hydroxylation sites is 1. The third kappa shape index (κ3) is 6.67. The normalized spacial score (nSPS) is 16.5. The van der Waals surface area contributed by atoms with Gasteiger partial charge in [-0.1, -0.05) is 24.2 Å². The second kappa shape index (κ2) is 11.9. The van der Waals surface area contributed by atoms with Crippen molar-refractivity contribution >= 4 is 17.7 Å². The monoisotopic (exact) mass is 431 g/mol. The van der Waals surface area contributed by atoms with Crippen LogP contribution in [0, 0.1) is 5.92 Å². The summed E-state index contributed by atoms with van der Waals surface area (Å²) < 4.78 is 10.4. The third-order valence-corrected chi connectivity index (χ3v) is 6.41. The summed E-state index contributed by atoms with van der Waals surface area (Å²) in [5.74, 6) is 3.44. The molecule has 1 aliphatic rings. The van der Waals surface area contributed by atoms with Crippen molar-refractivity contribution in [2.45, 2.75) is 25.3 Å². The molecule has 1 aromatic heterocycles. The first-order chi connectivity index (χ1) is 14.7. The van der Waals surface area contributed by atoms with Gasteiger partial charge in [-0.05, 0) is 25.0 Å². The molecule has 1 atom stereocenters. The number of aromatic nitrogens is 1. The first-order valence-corrected chi connectivity index (χ1v) is 11.6. The fraction of sp³-hybridized carbons (Fsp3) is 0.545. The third-order valence-electron chi connectivity index (χ3n) is 5.03. The molecular formula is C22H33N5O2S. The predicted molar refractivity (Wildman–Crippen MR) is 122 cm³/mol. The average molecular weight is 432 g/mol. The summed E-state index contributed by atoms with van der Waals surface area (Å²) in [5.41, 5.74) is 0.991. The van der Waals surface area contributed by atoms with E-state index in [9.17, 15) is 0 Å². The number of ether oxygens (including phenoxy) is 1. The molecule has 3 rings (SSSR count). The largest absolute Gasteiger partial charge is 0.496 e. The summed E-state index contributed by atoms with van der Waals surface area (Å²) in [6.07, 6.45) is 1.63. The zero-order valence-corrected chi connectivity index (χ0v) is 19.0. The highest BCUT2D eigenvalue weighted by Gasteiger charge is 2.20. The zero-order valence-electron chi connectivity index (χ0n) is 18.2. The van der Waals surface area contributed by atoms with E-state index in [2.05, 4.69) is 46.3 Å². The van der Waals surface area contributed by atoms with E-state index in [0.717, 1.165) is 69.0 Å². The summed E-state index contributed by atoms with van der Waals surface area (Å²) in [7, 11) is 1.72. The average Bonchev–Trinajstić information content (AvgIpc) is 3.29. The van der Waals surface area contributed by atoms with Gasteiger partial charge in [0.15, 0.2) is 5.96 Å². The van der Waals surface area contributed by atoms with Gasteiger partial charge in [0.25, 0.3) is 0 Å². The smallest absolute Gasteiger partial charge is 0.194 e. The minimum absolute atomic E-state index is 0.474. The number of methoxy groups -OCH3 is 1. The van der Waals surface area contributed by atoms with Crippen LogP contribution >= 0.6 is 11.8 Å². The van der Waals surface area contributed by atoms with Gasteiger partial charge in [-0.25, -0.2) is 0 Å². The van der Waals surface area contributed by atoms with E-state index in [0.29, 0.717) is 5.92 Å². The lowest BCUT2D eigenvalue weighted by atomic mass is 10.2. The van der Waals surface area contributed by atoms with E-state index in [1.807, 2.05) is 30.0 Å². The number of guanidine groups is 1. The van der Waals surface area contributed by atoms with Crippen LogP contribution in [0.1, 0.15) is 19.5 Å². The van der Waals surface area contributed by atoms with Gasteiger partial charge in [0.05, 0.1) is 12.8 Å². The van der Waals surface area contributed by atoms with E-state index in [4.69, 9.17) is 14.3 Å². The van der Waals surface area contributed by atoms with Gasteiger partial charge >= 0.3 is 0 Å². The van der Waals surface area contributed by atoms with E-state index in [1.165, 1.54) is 4.90 Å². The van der Waals surface area contributed by atoms with Gasteiger partial charge in [0, 0.05) is 62.5 Å².